The van der Waals surface area contributed by atoms with E-state index < -0.39 is 0 Å². The van der Waals surface area contributed by atoms with Crippen LogP contribution in [0.5, 0.6) is 0 Å². The van der Waals surface area contributed by atoms with Crippen LogP contribution in [0.15, 0.2) is 6.33 Å². The van der Waals surface area contributed by atoms with Crippen molar-refractivity contribution in [2.45, 2.75) is 19.8 Å². The van der Waals surface area contributed by atoms with E-state index in [1.807, 2.05) is 4.90 Å². The first-order valence-electron chi connectivity index (χ1n) is 6.31. The maximum absolute atomic E-state index is 9.19. The fraction of sp³-hybridized carbons (Fsp3) is 0.667. The van der Waals surface area contributed by atoms with Crippen LogP contribution < -0.4 is 16.2 Å². The summed E-state index contributed by atoms with van der Waals surface area (Å²) in [7, 11) is 1.65. The Hall–Kier alpha value is -1.44. The first-order valence-corrected chi connectivity index (χ1v) is 6.31. The fourth-order valence-corrected chi connectivity index (χ4v) is 1.93. The van der Waals surface area contributed by atoms with Crippen molar-refractivity contribution in [2.75, 3.05) is 43.7 Å². The number of anilines is 2. The predicted molar refractivity (Wildman–Crippen MR) is 75.1 cm³/mol. The molecule has 0 saturated carbocycles. The van der Waals surface area contributed by atoms with Gasteiger partial charge in [-0.15, -0.1) is 0 Å². The lowest BCUT2D eigenvalue weighted by atomic mass is 10.0. The van der Waals surface area contributed by atoms with Gasteiger partial charge in [0.25, 0.3) is 0 Å². The van der Waals surface area contributed by atoms with E-state index in [0.717, 1.165) is 11.4 Å². The number of nitrogen functional groups attached to an aromatic ring is 1. The van der Waals surface area contributed by atoms with Gasteiger partial charge in [0, 0.05) is 25.8 Å². The highest BCUT2D eigenvalue weighted by molar-refractivity contribution is 5.59. The second kappa shape index (κ2) is 7.88. The Bertz CT molecular complexity index is 386. The minimum atomic E-state index is 0.0522. The van der Waals surface area contributed by atoms with Crippen LogP contribution in [0.25, 0.3) is 0 Å². The number of aliphatic hydroxyl groups is 1. The molecule has 0 saturated heterocycles. The van der Waals surface area contributed by atoms with Crippen molar-refractivity contribution in [3.8, 4) is 0 Å². The Morgan fingerprint density at radius 2 is 2.16 bits per heavy atom. The Morgan fingerprint density at radius 3 is 2.68 bits per heavy atom. The molecule has 7 heteroatoms. The second-order valence-corrected chi connectivity index (χ2v) is 4.46. The first kappa shape index (κ1) is 15.6. The molecular weight excluding hydrogens is 246 g/mol. The summed E-state index contributed by atoms with van der Waals surface area (Å²) in [4.78, 5) is 10.4. The summed E-state index contributed by atoms with van der Waals surface area (Å²) in [6.07, 6.45) is 1.47. The van der Waals surface area contributed by atoms with Gasteiger partial charge < -0.3 is 20.2 Å². The quantitative estimate of drug-likeness (QED) is 0.462. The third-order valence-electron chi connectivity index (χ3n) is 2.81. The molecule has 0 radical (unpaired) electrons. The van der Waals surface area contributed by atoms with Crippen molar-refractivity contribution in [1.82, 2.24) is 9.97 Å². The molecule has 0 atom stereocenters. The zero-order valence-corrected chi connectivity index (χ0v) is 11.8. The Kier molecular flexibility index (Phi) is 6.48. The average Bonchev–Trinajstić information content (AvgIpc) is 2.42. The Labute approximate surface area is 113 Å². The van der Waals surface area contributed by atoms with Gasteiger partial charge in [0.1, 0.15) is 18.0 Å². The summed E-state index contributed by atoms with van der Waals surface area (Å²) in [6, 6.07) is 0. The molecule has 0 bridgehead atoms. The number of nitrogens with two attached hydrogens (primary N) is 1. The van der Waals surface area contributed by atoms with Crippen molar-refractivity contribution in [1.29, 1.82) is 0 Å². The molecule has 108 valence electrons. The van der Waals surface area contributed by atoms with Crippen LogP contribution in [0.2, 0.25) is 0 Å². The van der Waals surface area contributed by atoms with Crippen LogP contribution >= 0.6 is 0 Å². The van der Waals surface area contributed by atoms with E-state index in [1.54, 1.807) is 7.11 Å². The topological polar surface area (TPSA) is 96.5 Å². The average molecular weight is 269 g/mol. The van der Waals surface area contributed by atoms with Gasteiger partial charge in [0.2, 0.25) is 0 Å². The molecule has 0 spiro atoms. The smallest absolute Gasteiger partial charge is 0.148 e. The molecule has 1 heterocycles. The maximum atomic E-state index is 9.19. The number of ether oxygens (including phenoxy) is 1. The molecular formula is C12H23N5O2. The Morgan fingerprint density at radius 1 is 1.42 bits per heavy atom. The van der Waals surface area contributed by atoms with Crippen molar-refractivity contribution in [3.63, 3.8) is 0 Å². The summed E-state index contributed by atoms with van der Waals surface area (Å²) in [5.41, 5.74) is 3.54. The van der Waals surface area contributed by atoms with Crippen LogP contribution in [-0.2, 0) is 4.74 Å². The third-order valence-corrected chi connectivity index (χ3v) is 2.81. The van der Waals surface area contributed by atoms with E-state index in [0.29, 0.717) is 25.5 Å². The molecule has 1 aromatic heterocycles. The highest BCUT2D eigenvalue weighted by Crippen LogP contribution is 2.30. The molecule has 1 aromatic rings. The van der Waals surface area contributed by atoms with Crippen LogP contribution in [0, 0.1) is 0 Å². The summed E-state index contributed by atoms with van der Waals surface area (Å²) < 4.78 is 5.09. The summed E-state index contributed by atoms with van der Waals surface area (Å²) in [5, 5.41) is 9.19. The van der Waals surface area contributed by atoms with Crippen molar-refractivity contribution in [2.24, 2.45) is 5.84 Å². The van der Waals surface area contributed by atoms with E-state index in [9.17, 15) is 5.11 Å². The van der Waals surface area contributed by atoms with E-state index >= 15 is 0 Å². The number of methoxy groups -OCH3 is 1. The van der Waals surface area contributed by atoms with Crippen LogP contribution in [0.3, 0.4) is 0 Å². The molecule has 0 amide bonds. The van der Waals surface area contributed by atoms with Gasteiger partial charge in [0.15, 0.2) is 0 Å². The minimum absolute atomic E-state index is 0.0522. The van der Waals surface area contributed by atoms with Crippen molar-refractivity contribution >= 4 is 11.6 Å². The van der Waals surface area contributed by atoms with E-state index in [2.05, 4.69) is 29.2 Å². The minimum Gasteiger partial charge on any atom is -0.395 e. The number of nitrogens with zero attached hydrogens (tertiary/aromatic N) is 3. The number of nitrogens with one attached hydrogen (secondary N) is 1. The molecule has 1 rings (SSSR count). The number of rotatable bonds is 8. The van der Waals surface area contributed by atoms with E-state index in [1.165, 1.54) is 6.33 Å². The normalized spacial score (nSPS) is 10.8. The molecule has 7 nitrogen and oxygen atoms in total. The highest BCUT2D eigenvalue weighted by atomic mass is 16.5. The number of hydrogen-bond acceptors (Lipinski definition) is 7. The van der Waals surface area contributed by atoms with Gasteiger partial charge in [-0.1, -0.05) is 13.8 Å². The fourth-order valence-electron chi connectivity index (χ4n) is 1.93. The lowest BCUT2D eigenvalue weighted by Crippen LogP contribution is -2.32. The Balaban J connectivity index is 3.13. The molecule has 19 heavy (non-hydrogen) atoms. The first-order chi connectivity index (χ1) is 9.15. The molecule has 0 aliphatic rings. The molecule has 0 aliphatic carbocycles. The van der Waals surface area contributed by atoms with Crippen molar-refractivity contribution in [3.05, 3.63) is 11.9 Å². The van der Waals surface area contributed by atoms with Gasteiger partial charge in [-0.3, -0.25) is 0 Å². The third kappa shape index (κ3) is 4.02. The van der Waals surface area contributed by atoms with Gasteiger partial charge >= 0.3 is 0 Å². The zero-order chi connectivity index (χ0) is 14.3. The van der Waals surface area contributed by atoms with Gasteiger partial charge in [0.05, 0.1) is 13.2 Å². The molecule has 0 unspecified atom stereocenters. The lowest BCUT2D eigenvalue weighted by Gasteiger charge is -2.26. The SMILES string of the molecule is COCCN(CCO)c1ncnc(NN)c1C(C)C. The van der Waals surface area contributed by atoms with Crippen LogP contribution in [0.4, 0.5) is 11.6 Å². The van der Waals surface area contributed by atoms with Gasteiger partial charge in [-0.2, -0.15) is 0 Å². The maximum Gasteiger partial charge on any atom is 0.148 e. The number of hydrogen-bond donors (Lipinski definition) is 3. The monoisotopic (exact) mass is 269 g/mol. The van der Waals surface area contributed by atoms with Gasteiger partial charge in [-0.05, 0) is 5.92 Å². The second-order valence-electron chi connectivity index (χ2n) is 4.46. The molecule has 4 N–H and O–H groups in total. The van der Waals surface area contributed by atoms with Crippen LogP contribution in [-0.4, -0.2) is 48.5 Å². The van der Waals surface area contributed by atoms with E-state index in [-0.39, 0.29) is 12.5 Å². The lowest BCUT2D eigenvalue weighted by molar-refractivity contribution is 0.202. The summed E-state index contributed by atoms with van der Waals surface area (Å²) >= 11 is 0. The van der Waals surface area contributed by atoms with Crippen LogP contribution in [0.1, 0.15) is 25.3 Å². The number of hydrazine groups is 1. The summed E-state index contributed by atoms with van der Waals surface area (Å²) in [5.74, 6) is 7.11. The largest absolute Gasteiger partial charge is 0.395 e. The van der Waals surface area contributed by atoms with Gasteiger partial charge in [-0.25, -0.2) is 15.8 Å². The number of aromatic nitrogens is 2. The predicted octanol–water partition coefficient (Wildman–Crippen LogP) is 0.331. The summed E-state index contributed by atoms with van der Waals surface area (Å²) in [6.45, 7) is 5.86. The molecule has 0 aromatic carbocycles. The van der Waals surface area contributed by atoms with E-state index in [4.69, 9.17) is 10.6 Å². The number of aliphatic hydroxyl groups excluding tert-OH is 1. The zero-order valence-electron chi connectivity index (χ0n) is 11.8. The van der Waals surface area contributed by atoms with Crippen molar-refractivity contribution < 1.29 is 9.84 Å². The standard InChI is InChI=1S/C12H23N5O2/c1-9(2)10-11(16-13)14-8-15-12(10)17(4-6-18)5-7-19-3/h8-9,18H,4-7,13H2,1-3H3,(H,14,15,16). The molecule has 0 aliphatic heterocycles. The highest BCUT2D eigenvalue weighted by Gasteiger charge is 2.19. The molecule has 0 fully saturated rings.